The first kappa shape index (κ1) is 13.7. The lowest BCUT2D eigenvalue weighted by Gasteiger charge is -2.47. The van der Waals surface area contributed by atoms with Crippen LogP contribution in [0.4, 0.5) is 10.5 Å². The number of likely N-dealkylation sites (tertiary alicyclic amines) is 1. The third-order valence-electron chi connectivity index (χ3n) is 3.81. The highest BCUT2D eigenvalue weighted by Crippen LogP contribution is 2.44. The van der Waals surface area contributed by atoms with Crippen molar-refractivity contribution in [3.8, 4) is 0 Å². The van der Waals surface area contributed by atoms with Crippen molar-refractivity contribution >= 4 is 27.7 Å². The number of ether oxygens (including phenoxy) is 1. The first-order valence-electron chi connectivity index (χ1n) is 6.81. The molecule has 1 amide bonds. The molecule has 1 aromatic rings. The second-order valence-corrected chi connectivity index (χ2v) is 7.58. The van der Waals surface area contributed by atoms with E-state index in [1.807, 2.05) is 26.8 Å². The van der Waals surface area contributed by atoms with Gasteiger partial charge in [-0.1, -0.05) is 15.9 Å². The zero-order valence-corrected chi connectivity index (χ0v) is 13.6. The minimum Gasteiger partial charge on any atom is -0.444 e. The minimum atomic E-state index is -0.436. The molecule has 1 spiro atoms. The fourth-order valence-corrected chi connectivity index (χ4v) is 3.25. The molecular formula is C15H19BrN2O2. The van der Waals surface area contributed by atoms with Gasteiger partial charge in [-0.25, -0.2) is 4.79 Å². The molecule has 0 aromatic heterocycles. The molecule has 2 heterocycles. The summed E-state index contributed by atoms with van der Waals surface area (Å²) in [6.07, 6.45) is -0.216. The number of amides is 1. The van der Waals surface area contributed by atoms with Gasteiger partial charge in [0.2, 0.25) is 0 Å². The third-order valence-corrected chi connectivity index (χ3v) is 4.30. The number of nitrogens with zero attached hydrogens (tertiary/aromatic N) is 1. The minimum absolute atomic E-state index is 0.0516. The molecule has 2 aliphatic heterocycles. The highest BCUT2D eigenvalue weighted by Gasteiger charge is 2.51. The summed E-state index contributed by atoms with van der Waals surface area (Å²) in [5.41, 5.74) is 2.09. The summed E-state index contributed by atoms with van der Waals surface area (Å²) >= 11 is 3.52. The van der Waals surface area contributed by atoms with Crippen LogP contribution in [-0.2, 0) is 10.2 Å². The second kappa shape index (κ2) is 4.38. The summed E-state index contributed by atoms with van der Waals surface area (Å²) in [4.78, 5) is 13.8. The van der Waals surface area contributed by atoms with Crippen LogP contribution in [0, 0.1) is 0 Å². The van der Waals surface area contributed by atoms with Gasteiger partial charge >= 0.3 is 6.09 Å². The van der Waals surface area contributed by atoms with Crippen LogP contribution in [0.5, 0.6) is 0 Å². The molecule has 1 fully saturated rings. The van der Waals surface area contributed by atoms with Gasteiger partial charge < -0.3 is 15.0 Å². The fraction of sp³-hybridized carbons (Fsp3) is 0.533. The van der Waals surface area contributed by atoms with E-state index in [0.717, 1.165) is 24.1 Å². The number of benzene rings is 1. The summed E-state index contributed by atoms with van der Waals surface area (Å²) in [5, 5.41) is 3.43. The van der Waals surface area contributed by atoms with Crippen molar-refractivity contribution in [2.45, 2.75) is 31.8 Å². The van der Waals surface area contributed by atoms with Crippen molar-refractivity contribution in [2.24, 2.45) is 0 Å². The standard InChI is InChI=1S/C15H19BrN2O2/c1-14(2,3)20-13(19)18-8-15(9-18)7-17-12-5-4-10(16)6-11(12)15/h4-6,17H,7-9H2,1-3H3. The van der Waals surface area contributed by atoms with Gasteiger partial charge in [-0.15, -0.1) is 0 Å². The normalized spacial score (nSPS) is 19.3. The monoisotopic (exact) mass is 338 g/mol. The molecule has 1 aromatic carbocycles. The van der Waals surface area contributed by atoms with Gasteiger partial charge in [0.05, 0.1) is 5.41 Å². The van der Waals surface area contributed by atoms with Gasteiger partial charge in [0.25, 0.3) is 0 Å². The number of hydrogen-bond donors (Lipinski definition) is 1. The largest absolute Gasteiger partial charge is 0.444 e. The highest BCUT2D eigenvalue weighted by molar-refractivity contribution is 9.10. The first-order valence-corrected chi connectivity index (χ1v) is 7.60. The van der Waals surface area contributed by atoms with Crippen LogP contribution in [0.25, 0.3) is 0 Å². The van der Waals surface area contributed by atoms with E-state index in [9.17, 15) is 4.79 Å². The molecule has 108 valence electrons. The molecular weight excluding hydrogens is 320 g/mol. The number of carbonyl (C=O) groups is 1. The SMILES string of the molecule is CC(C)(C)OC(=O)N1CC2(CNc3ccc(Br)cc32)C1. The van der Waals surface area contributed by atoms with E-state index < -0.39 is 5.60 Å². The molecule has 20 heavy (non-hydrogen) atoms. The fourth-order valence-electron chi connectivity index (χ4n) is 2.89. The maximum absolute atomic E-state index is 12.0. The summed E-state index contributed by atoms with van der Waals surface area (Å²) in [6.45, 7) is 8.01. The number of halogens is 1. The maximum Gasteiger partial charge on any atom is 0.410 e. The molecule has 0 unspecified atom stereocenters. The van der Waals surface area contributed by atoms with Gasteiger partial charge in [-0.3, -0.25) is 0 Å². The Morgan fingerprint density at radius 3 is 2.75 bits per heavy atom. The lowest BCUT2D eigenvalue weighted by Crippen LogP contribution is -2.62. The predicted molar refractivity (Wildman–Crippen MR) is 82.1 cm³/mol. The Balaban J connectivity index is 1.72. The van der Waals surface area contributed by atoms with Gasteiger partial charge in [-0.05, 0) is 44.5 Å². The first-order chi connectivity index (χ1) is 9.29. The van der Waals surface area contributed by atoms with Gasteiger partial charge in [-0.2, -0.15) is 0 Å². The summed E-state index contributed by atoms with van der Waals surface area (Å²) < 4.78 is 6.49. The quantitative estimate of drug-likeness (QED) is 0.788. The number of fused-ring (bicyclic) bond motifs is 2. The van der Waals surface area contributed by atoms with Gasteiger partial charge in [0, 0.05) is 29.8 Å². The van der Waals surface area contributed by atoms with Crippen LogP contribution < -0.4 is 5.32 Å². The molecule has 0 atom stereocenters. The highest BCUT2D eigenvalue weighted by atomic mass is 79.9. The van der Waals surface area contributed by atoms with E-state index >= 15 is 0 Å². The number of anilines is 1. The molecule has 2 aliphatic rings. The van der Waals surface area contributed by atoms with E-state index in [4.69, 9.17) is 4.74 Å². The topological polar surface area (TPSA) is 41.6 Å². The van der Waals surface area contributed by atoms with Crippen LogP contribution >= 0.6 is 15.9 Å². The Morgan fingerprint density at radius 2 is 2.10 bits per heavy atom. The van der Waals surface area contributed by atoms with Crippen molar-refractivity contribution in [2.75, 3.05) is 25.0 Å². The molecule has 5 heteroatoms. The van der Waals surface area contributed by atoms with Crippen LogP contribution in [-0.4, -0.2) is 36.2 Å². The number of carbonyl (C=O) groups excluding carboxylic acids is 1. The van der Waals surface area contributed by atoms with Crippen molar-refractivity contribution in [3.05, 3.63) is 28.2 Å². The third kappa shape index (κ3) is 2.28. The number of hydrogen-bond acceptors (Lipinski definition) is 3. The summed E-state index contributed by atoms with van der Waals surface area (Å²) in [7, 11) is 0. The molecule has 3 rings (SSSR count). The Hall–Kier alpha value is -1.23. The van der Waals surface area contributed by atoms with Crippen LogP contribution in [0.15, 0.2) is 22.7 Å². The van der Waals surface area contributed by atoms with E-state index in [1.165, 1.54) is 11.3 Å². The van der Waals surface area contributed by atoms with E-state index in [-0.39, 0.29) is 11.5 Å². The van der Waals surface area contributed by atoms with Crippen molar-refractivity contribution < 1.29 is 9.53 Å². The molecule has 4 nitrogen and oxygen atoms in total. The molecule has 1 saturated heterocycles. The zero-order chi connectivity index (χ0) is 14.5. The number of nitrogens with one attached hydrogen (secondary N) is 1. The Bertz CT molecular complexity index is 559. The Morgan fingerprint density at radius 1 is 1.40 bits per heavy atom. The maximum atomic E-state index is 12.0. The zero-order valence-electron chi connectivity index (χ0n) is 12.0. The number of rotatable bonds is 0. The van der Waals surface area contributed by atoms with E-state index in [1.54, 1.807) is 4.90 Å². The Kier molecular flexibility index (Phi) is 3.01. The van der Waals surface area contributed by atoms with Gasteiger partial charge in [0.15, 0.2) is 0 Å². The summed E-state index contributed by atoms with van der Waals surface area (Å²) in [5.74, 6) is 0. The lowest BCUT2D eigenvalue weighted by atomic mass is 9.75. The lowest BCUT2D eigenvalue weighted by molar-refractivity contribution is -0.00628. The molecule has 0 bridgehead atoms. The van der Waals surface area contributed by atoms with Crippen molar-refractivity contribution in [3.63, 3.8) is 0 Å². The van der Waals surface area contributed by atoms with E-state index in [2.05, 4.69) is 33.4 Å². The van der Waals surface area contributed by atoms with E-state index in [0.29, 0.717) is 0 Å². The van der Waals surface area contributed by atoms with Crippen LogP contribution in [0.2, 0.25) is 0 Å². The molecule has 0 aliphatic carbocycles. The Labute approximate surface area is 127 Å². The smallest absolute Gasteiger partial charge is 0.410 e. The average molecular weight is 339 g/mol. The molecule has 0 radical (unpaired) electrons. The summed E-state index contributed by atoms with van der Waals surface area (Å²) in [6, 6.07) is 6.28. The van der Waals surface area contributed by atoms with Crippen LogP contribution in [0.3, 0.4) is 0 Å². The predicted octanol–water partition coefficient (Wildman–Crippen LogP) is 3.36. The molecule has 1 N–H and O–H groups in total. The molecule has 0 saturated carbocycles. The van der Waals surface area contributed by atoms with Crippen molar-refractivity contribution in [1.29, 1.82) is 0 Å². The average Bonchev–Trinajstić information content (AvgIpc) is 2.63. The van der Waals surface area contributed by atoms with Gasteiger partial charge in [0.1, 0.15) is 5.60 Å². The van der Waals surface area contributed by atoms with Crippen molar-refractivity contribution in [1.82, 2.24) is 4.90 Å². The van der Waals surface area contributed by atoms with Crippen LogP contribution in [0.1, 0.15) is 26.3 Å². The second-order valence-electron chi connectivity index (χ2n) is 6.66.